The van der Waals surface area contributed by atoms with E-state index in [1.54, 1.807) is 4.90 Å². The van der Waals surface area contributed by atoms with Crippen LogP contribution in [0, 0.1) is 0 Å². The lowest BCUT2D eigenvalue weighted by Gasteiger charge is -2.29. The minimum atomic E-state index is -0.226. The molecule has 19 heavy (non-hydrogen) atoms. The van der Waals surface area contributed by atoms with Gasteiger partial charge in [-0.05, 0) is 38.0 Å². The summed E-state index contributed by atoms with van der Waals surface area (Å²) in [5, 5.41) is 19.2. The van der Waals surface area contributed by atoms with E-state index in [4.69, 9.17) is 0 Å². The van der Waals surface area contributed by atoms with Crippen molar-refractivity contribution < 1.29 is 15.0 Å². The van der Waals surface area contributed by atoms with Gasteiger partial charge in [0, 0.05) is 12.6 Å². The molecule has 4 nitrogen and oxygen atoms in total. The molecule has 1 atom stereocenters. The van der Waals surface area contributed by atoms with Crippen LogP contribution in [0.5, 0.6) is 11.5 Å². The lowest BCUT2D eigenvalue weighted by atomic mass is 10.1. The van der Waals surface area contributed by atoms with Gasteiger partial charge in [0.15, 0.2) is 0 Å². The topological polar surface area (TPSA) is 60.8 Å². The average Bonchev–Trinajstić information content (AvgIpc) is 2.41. The maximum Gasteiger partial charge on any atom is 0.257 e. The molecule has 0 saturated carbocycles. The van der Waals surface area contributed by atoms with Gasteiger partial charge in [-0.25, -0.2) is 0 Å². The normalized spacial score (nSPS) is 12.2. The monoisotopic (exact) mass is 265 g/mol. The molecule has 4 heteroatoms. The van der Waals surface area contributed by atoms with Crippen molar-refractivity contribution in [1.29, 1.82) is 0 Å². The first-order chi connectivity index (χ1) is 9.01. The Morgan fingerprint density at radius 2 is 2.00 bits per heavy atom. The number of amides is 1. The van der Waals surface area contributed by atoms with Crippen molar-refractivity contribution in [2.75, 3.05) is 6.54 Å². The first-order valence-corrected chi connectivity index (χ1v) is 6.84. The first kappa shape index (κ1) is 15.3. The third-order valence-corrected chi connectivity index (χ3v) is 3.35. The highest BCUT2D eigenvalue weighted by Crippen LogP contribution is 2.24. The van der Waals surface area contributed by atoms with Gasteiger partial charge in [0.1, 0.15) is 11.5 Å². The maximum atomic E-state index is 12.5. The number of aromatic hydroxyl groups is 2. The smallest absolute Gasteiger partial charge is 0.257 e. The van der Waals surface area contributed by atoms with E-state index in [2.05, 4.69) is 6.92 Å². The zero-order valence-corrected chi connectivity index (χ0v) is 11.9. The standard InChI is InChI=1S/C15H23NO3/c1-4-6-9-16(11(3)5-2)15(19)13-10-12(17)7-8-14(13)18/h7-8,10-11,17-18H,4-6,9H2,1-3H3. The highest BCUT2D eigenvalue weighted by molar-refractivity contribution is 5.97. The second-order valence-electron chi connectivity index (χ2n) is 4.81. The molecule has 0 aliphatic carbocycles. The van der Waals surface area contributed by atoms with Crippen molar-refractivity contribution in [3.8, 4) is 11.5 Å². The fraction of sp³-hybridized carbons (Fsp3) is 0.533. The Balaban J connectivity index is 3.00. The highest BCUT2D eigenvalue weighted by atomic mass is 16.3. The molecule has 1 rings (SSSR count). The van der Waals surface area contributed by atoms with E-state index in [1.165, 1.54) is 18.2 Å². The van der Waals surface area contributed by atoms with Crippen LogP contribution >= 0.6 is 0 Å². The van der Waals surface area contributed by atoms with Crippen molar-refractivity contribution in [3.63, 3.8) is 0 Å². The van der Waals surface area contributed by atoms with Crippen LogP contribution in [0.1, 0.15) is 50.4 Å². The van der Waals surface area contributed by atoms with Gasteiger partial charge < -0.3 is 15.1 Å². The van der Waals surface area contributed by atoms with Gasteiger partial charge in [0.05, 0.1) is 5.56 Å². The highest BCUT2D eigenvalue weighted by Gasteiger charge is 2.22. The number of nitrogens with zero attached hydrogens (tertiary/aromatic N) is 1. The SMILES string of the molecule is CCCCN(C(=O)c1cc(O)ccc1O)C(C)CC. The van der Waals surface area contributed by atoms with Crippen LogP contribution in [0.2, 0.25) is 0 Å². The number of hydrogen-bond acceptors (Lipinski definition) is 3. The number of carbonyl (C=O) groups is 1. The van der Waals surface area contributed by atoms with Crippen LogP contribution < -0.4 is 0 Å². The number of phenols is 2. The van der Waals surface area contributed by atoms with Gasteiger partial charge in [-0.2, -0.15) is 0 Å². The Kier molecular flexibility index (Phi) is 5.67. The molecule has 106 valence electrons. The molecule has 1 unspecified atom stereocenters. The predicted octanol–water partition coefficient (Wildman–Crippen LogP) is 3.14. The summed E-state index contributed by atoms with van der Waals surface area (Å²) in [4.78, 5) is 14.2. The Hall–Kier alpha value is -1.71. The van der Waals surface area contributed by atoms with Crippen molar-refractivity contribution in [2.45, 2.75) is 46.1 Å². The van der Waals surface area contributed by atoms with Gasteiger partial charge in [-0.3, -0.25) is 4.79 Å². The van der Waals surface area contributed by atoms with Gasteiger partial charge in [-0.1, -0.05) is 20.3 Å². The Bertz CT molecular complexity index is 431. The van der Waals surface area contributed by atoms with Crippen molar-refractivity contribution in [1.82, 2.24) is 4.90 Å². The van der Waals surface area contributed by atoms with Crippen LogP contribution in [0.3, 0.4) is 0 Å². The summed E-state index contributed by atoms with van der Waals surface area (Å²) in [7, 11) is 0. The molecular formula is C15H23NO3. The van der Waals surface area contributed by atoms with Crippen molar-refractivity contribution in [2.24, 2.45) is 0 Å². The van der Waals surface area contributed by atoms with E-state index in [0.29, 0.717) is 6.54 Å². The molecule has 0 aliphatic rings. The summed E-state index contributed by atoms with van der Waals surface area (Å²) in [5.41, 5.74) is 0.163. The van der Waals surface area contributed by atoms with E-state index in [-0.39, 0.29) is 29.0 Å². The Labute approximate surface area is 114 Å². The largest absolute Gasteiger partial charge is 0.508 e. The van der Waals surface area contributed by atoms with Crippen LogP contribution in [0.15, 0.2) is 18.2 Å². The Morgan fingerprint density at radius 1 is 1.32 bits per heavy atom. The summed E-state index contributed by atoms with van der Waals surface area (Å²) in [6, 6.07) is 4.14. The lowest BCUT2D eigenvalue weighted by Crippen LogP contribution is -2.39. The van der Waals surface area contributed by atoms with E-state index in [1.807, 2.05) is 13.8 Å². The molecule has 2 N–H and O–H groups in total. The van der Waals surface area contributed by atoms with Gasteiger partial charge in [-0.15, -0.1) is 0 Å². The van der Waals surface area contributed by atoms with E-state index < -0.39 is 0 Å². The summed E-state index contributed by atoms with van der Waals surface area (Å²) in [6.07, 6.45) is 2.79. The summed E-state index contributed by atoms with van der Waals surface area (Å²) >= 11 is 0. The van der Waals surface area contributed by atoms with E-state index in [9.17, 15) is 15.0 Å². The van der Waals surface area contributed by atoms with Gasteiger partial charge in [0.2, 0.25) is 0 Å². The van der Waals surface area contributed by atoms with Crippen molar-refractivity contribution >= 4 is 5.91 Å². The molecule has 0 aromatic heterocycles. The number of benzene rings is 1. The molecular weight excluding hydrogens is 242 g/mol. The second kappa shape index (κ2) is 7.02. The van der Waals surface area contributed by atoms with Gasteiger partial charge in [0.25, 0.3) is 5.91 Å². The number of carbonyl (C=O) groups excluding carboxylic acids is 1. The van der Waals surface area contributed by atoms with E-state index >= 15 is 0 Å². The third kappa shape index (κ3) is 3.88. The molecule has 1 aromatic carbocycles. The van der Waals surface area contributed by atoms with Crippen LogP contribution in [-0.4, -0.2) is 33.6 Å². The quantitative estimate of drug-likeness (QED) is 0.777. The summed E-state index contributed by atoms with van der Waals surface area (Å²) in [6.45, 7) is 6.76. The predicted molar refractivity (Wildman–Crippen MR) is 75.5 cm³/mol. The maximum absolute atomic E-state index is 12.5. The zero-order chi connectivity index (χ0) is 14.4. The molecule has 1 amide bonds. The number of rotatable bonds is 6. The molecule has 0 fully saturated rings. The molecule has 0 spiro atoms. The molecule has 0 aliphatic heterocycles. The number of phenolic OH excluding ortho intramolecular Hbond substituents is 2. The molecule has 0 bridgehead atoms. The minimum absolute atomic E-state index is 0.0132. The molecule has 0 saturated heterocycles. The molecule has 0 radical (unpaired) electrons. The fourth-order valence-corrected chi connectivity index (χ4v) is 1.92. The lowest BCUT2D eigenvalue weighted by molar-refractivity contribution is 0.0682. The number of hydrogen-bond donors (Lipinski definition) is 2. The zero-order valence-electron chi connectivity index (χ0n) is 11.9. The average molecular weight is 265 g/mol. The van der Waals surface area contributed by atoms with Crippen LogP contribution in [0.4, 0.5) is 0 Å². The summed E-state index contributed by atoms with van der Waals surface area (Å²) in [5.74, 6) is -0.329. The first-order valence-electron chi connectivity index (χ1n) is 6.84. The van der Waals surface area contributed by atoms with Crippen molar-refractivity contribution in [3.05, 3.63) is 23.8 Å². The van der Waals surface area contributed by atoms with Crippen LogP contribution in [0.25, 0.3) is 0 Å². The summed E-state index contributed by atoms with van der Waals surface area (Å²) < 4.78 is 0. The second-order valence-corrected chi connectivity index (χ2v) is 4.81. The van der Waals surface area contributed by atoms with Crippen LogP contribution in [-0.2, 0) is 0 Å². The third-order valence-electron chi connectivity index (χ3n) is 3.35. The van der Waals surface area contributed by atoms with E-state index in [0.717, 1.165) is 19.3 Å². The number of unbranched alkanes of at least 4 members (excludes halogenated alkanes) is 1. The fourth-order valence-electron chi connectivity index (χ4n) is 1.92. The Morgan fingerprint density at radius 3 is 2.58 bits per heavy atom. The molecule has 1 aromatic rings. The molecule has 0 heterocycles. The van der Waals surface area contributed by atoms with Gasteiger partial charge >= 0.3 is 0 Å². The minimum Gasteiger partial charge on any atom is -0.508 e.